The molecule has 1 aromatic carbocycles. The normalized spacial score (nSPS) is 25.4. The minimum atomic E-state index is -1.79. The first-order chi connectivity index (χ1) is 12.2. The summed E-state index contributed by atoms with van der Waals surface area (Å²) in [6, 6.07) is 10.00. The van der Waals surface area contributed by atoms with E-state index in [0.29, 0.717) is 6.61 Å². The van der Waals surface area contributed by atoms with E-state index in [1.54, 1.807) is 0 Å². The van der Waals surface area contributed by atoms with Crippen LogP contribution in [0.2, 0.25) is 18.1 Å². The molecule has 26 heavy (non-hydrogen) atoms. The van der Waals surface area contributed by atoms with Gasteiger partial charge in [0.05, 0.1) is 12.1 Å². The minimum Gasteiger partial charge on any atom is -0.445 e. The summed E-state index contributed by atoms with van der Waals surface area (Å²) < 4.78 is 12.2. The predicted octanol–water partition coefficient (Wildman–Crippen LogP) is 5.12. The van der Waals surface area contributed by atoms with Gasteiger partial charge in [0, 0.05) is 6.10 Å². The van der Waals surface area contributed by atoms with Gasteiger partial charge in [-0.1, -0.05) is 63.3 Å². The zero-order chi connectivity index (χ0) is 18.9. The van der Waals surface area contributed by atoms with Gasteiger partial charge in [0.25, 0.3) is 0 Å². The second kappa shape index (κ2) is 7.20. The molecular weight excluding hydrogens is 342 g/mol. The van der Waals surface area contributed by atoms with Crippen LogP contribution in [0.5, 0.6) is 0 Å². The van der Waals surface area contributed by atoms with Crippen molar-refractivity contribution in [1.29, 1.82) is 0 Å². The number of hydrogen-bond donors (Lipinski definition) is 0. The summed E-state index contributed by atoms with van der Waals surface area (Å²) in [7, 11) is -1.79. The molecule has 3 rings (SSSR count). The van der Waals surface area contributed by atoms with Crippen LogP contribution in [0.25, 0.3) is 0 Å². The molecule has 0 aromatic heterocycles. The lowest BCUT2D eigenvalue weighted by molar-refractivity contribution is 0.0325. The molecule has 1 amide bonds. The number of ether oxygens (including phenoxy) is 1. The number of benzene rings is 1. The summed E-state index contributed by atoms with van der Waals surface area (Å²) in [6.45, 7) is 11.7. The molecule has 2 aliphatic heterocycles. The van der Waals surface area contributed by atoms with Gasteiger partial charge >= 0.3 is 6.09 Å². The average molecular weight is 374 g/mol. The minimum absolute atomic E-state index is 0.0896. The Morgan fingerprint density at radius 2 is 1.69 bits per heavy atom. The standard InChI is InChI=1S/C21H31NO3Si/c1-21(2,3)26(4,5)25-19-13-17-11-12-18(14-19)22(17)20(23)24-15-16-9-7-6-8-10-16/h6-12,17-19H,13-15H2,1-5H3/t17-,18+,19?. The molecule has 0 saturated carbocycles. The molecule has 1 aromatic rings. The highest BCUT2D eigenvalue weighted by Crippen LogP contribution is 2.41. The maximum absolute atomic E-state index is 12.6. The third-order valence-electron chi connectivity index (χ3n) is 5.96. The Balaban J connectivity index is 1.58. The highest BCUT2D eigenvalue weighted by atomic mass is 28.4. The van der Waals surface area contributed by atoms with E-state index in [1.165, 1.54) is 0 Å². The van der Waals surface area contributed by atoms with Crippen molar-refractivity contribution in [3.05, 3.63) is 48.0 Å². The average Bonchev–Trinajstić information content (AvgIpc) is 2.83. The Hall–Kier alpha value is -1.59. The van der Waals surface area contributed by atoms with E-state index < -0.39 is 8.32 Å². The van der Waals surface area contributed by atoms with Gasteiger partial charge in [-0.25, -0.2) is 4.79 Å². The van der Waals surface area contributed by atoms with Gasteiger partial charge in [-0.05, 0) is 36.5 Å². The third kappa shape index (κ3) is 4.04. The maximum Gasteiger partial charge on any atom is 0.411 e. The van der Waals surface area contributed by atoms with E-state index in [0.717, 1.165) is 18.4 Å². The van der Waals surface area contributed by atoms with Crippen molar-refractivity contribution < 1.29 is 14.0 Å². The zero-order valence-corrected chi connectivity index (χ0v) is 17.6. The summed E-state index contributed by atoms with van der Waals surface area (Å²) in [6.07, 6.45) is 6.01. The first-order valence-electron chi connectivity index (χ1n) is 9.52. The summed E-state index contributed by atoms with van der Waals surface area (Å²) in [5.41, 5.74) is 1.01. The number of carbonyl (C=O) groups excluding carboxylic acids is 1. The van der Waals surface area contributed by atoms with Gasteiger partial charge in [-0.2, -0.15) is 0 Å². The highest BCUT2D eigenvalue weighted by Gasteiger charge is 2.45. The molecule has 0 N–H and O–H groups in total. The van der Waals surface area contributed by atoms with Crippen LogP contribution in [-0.4, -0.2) is 37.5 Å². The number of rotatable bonds is 4. The molecule has 3 atom stereocenters. The van der Waals surface area contributed by atoms with Gasteiger partial charge in [0.2, 0.25) is 0 Å². The van der Waals surface area contributed by atoms with Crippen LogP contribution in [0.4, 0.5) is 4.79 Å². The number of hydrogen-bond acceptors (Lipinski definition) is 3. The van der Waals surface area contributed by atoms with E-state index in [1.807, 2.05) is 35.2 Å². The van der Waals surface area contributed by atoms with Crippen molar-refractivity contribution >= 4 is 14.4 Å². The predicted molar refractivity (Wildman–Crippen MR) is 106 cm³/mol. The molecule has 2 heterocycles. The monoisotopic (exact) mass is 373 g/mol. The fraction of sp³-hybridized carbons (Fsp3) is 0.571. The van der Waals surface area contributed by atoms with Gasteiger partial charge in [-0.3, -0.25) is 4.90 Å². The van der Waals surface area contributed by atoms with Crippen molar-refractivity contribution in [1.82, 2.24) is 4.90 Å². The lowest BCUT2D eigenvalue weighted by Crippen LogP contribution is -2.52. The van der Waals surface area contributed by atoms with Crippen LogP contribution >= 0.6 is 0 Å². The van der Waals surface area contributed by atoms with Crippen molar-refractivity contribution in [2.45, 2.75) is 76.5 Å². The van der Waals surface area contributed by atoms with Gasteiger partial charge < -0.3 is 9.16 Å². The number of fused-ring (bicyclic) bond motifs is 2. The Morgan fingerprint density at radius 3 is 2.23 bits per heavy atom. The zero-order valence-electron chi connectivity index (χ0n) is 16.6. The van der Waals surface area contributed by atoms with Crippen LogP contribution < -0.4 is 0 Å². The fourth-order valence-electron chi connectivity index (χ4n) is 3.46. The van der Waals surface area contributed by atoms with Crippen LogP contribution in [0.3, 0.4) is 0 Å². The molecule has 1 unspecified atom stereocenters. The first kappa shape index (κ1) is 19.2. The molecule has 1 saturated heterocycles. The smallest absolute Gasteiger partial charge is 0.411 e. The number of carbonyl (C=O) groups is 1. The Kier molecular flexibility index (Phi) is 5.31. The van der Waals surface area contributed by atoms with E-state index in [9.17, 15) is 4.79 Å². The summed E-state index contributed by atoms with van der Waals surface area (Å²) >= 11 is 0. The second-order valence-corrected chi connectivity index (χ2v) is 13.7. The largest absolute Gasteiger partial charge is 0.445 e. The molecule has 142 valence electrons. The fourth-order valence-corrected chi connectivity index (χ4v) is 4.84. The number of nitrogens with zero attached hydrogens (tertiary/aromatic N) is 1. The van der Waals surface area contributed by atoms with Crippen LogP contribution in [0, 0.1) is 0 Å². The van der Waals surface area contributed by atoms with E-state index >= 15 is 0 Å². The van der Waals surface area contributed by atoms with Gasteiger partial charge in [0.15, 0.2) is 8.32 Å². The number of piperidine rings is 1. The van der Waals surface area contributed by atoms with Crippen molar-refractivity contribution in [2.24, 2.45) is 0 Å². The summed E-state index contributed by atoms with van der Waals surface area (Å²) in [5, 5.41) is 0.200. The maximum atomic E-state index is 12.6. The summed E-state index contributed by atoms with van der Waals surface area (Å²) in [5.74, 6) is 0. The Labute approximate surface area is 158 Å². The van der Waals surface area contributed by atoms with E-state index in [-0.39, 0.29) is 29.3 Å². The topological polar surface area (TPSA) is 38.8 Å². The lowest BCUT2D eigenvalue weighted by Gasteiger charge is -2.44. The van der Waals surface area contributed by atoms with Gasteiger partial charge in [-0.15, -0.1) is 0 Å². The molecule has 1 fully saturated rings. The SMILES string of the molecule is CC(C)(C)[Si](C)(C)OC1C[C@H]2C=C[C@@H](C1)N2C(=O)OCc1ccccc1. The first-order valence-corrected chi connectivity index (χ1v) is 12.4. The lowest BCUT2D eigenvalue weighted by atomic mass is 9.99. The Bertz CT molecular complexity index is 650. The molecule has 2 aliphatic rings. The molecule has 5 heteroatoms. The van der Waals surface area contributed by atoms with Crippen LogP contribution in [0.15, 0.2) is 42.5 Å². The van der Waals surface area contributed by atoms with Crippen molar-refractivity contribution in [3.8, 4) is 0 Å². The number of amides is 1. The molecule has 4 nitrogen and oxygen atoms in total. The third-order valence-corrected chi connectivity index (χ3v) is 10.5. The highest BCUT2D eigenvalue weighted by molar-refractivity contribution is 6.74. The van der Waals surface area contributed by atoms with Crippen LogP contribution in [-0.2, 0) is 15.8 Å². The van der Waals surface area contributed by atoms with Gasteiger partial charge in [0.1, 0.15) is 6.61 Å². The second-order valence-electron chi connectivity index (χ2n) is 8.94. The van der Waals surface area contributed by atoms with Crippen LogP contribution in [0.1, 0.15) is 39.2 Å². The van der Waals surface area contributed by atoms with E-state index in [2.05, 4.69) is 46.0 Å². The Morgan fingerprint density at radius 1 is 1.12 bits per heavy atom. The van der Waals surface area contributed by atoms with Crippen molar-refractivity contribution in [3.63, 3.8) is 0 Å². The quantitative estimate of drug-likeness (QED) is 0.543. The molecule has 0 aliphatic carbocycles. The molecule has 0 spiro atoms. The molecular formula is C21H31NO3Si. The molecule has 0 radical (unpaired) electrons. The summed E-state index contributed by atoms with van der Waals surface area (Å²) in [4.78, 5) is 14.5. The van der Waals surface area contributed by atoms with E-state index in [4.69, 9.17) is 9.16 Å². The van der Waals surface area contributed by atoms with Crippen molar-refractivity contribution in [2.75, 3.05) is 0 Å². The molecule has 2 bridgehead atoms.